The maximum Gasteiger partial charge on any atom is 0.323 e. The number of aliphatic hydroxyl groups is 4. The number of allylic oxidation sites excluding steroid dienone is 1. The highest BCUT2D eigenvalue weighted by molar-refractivity contribution is 5.75. The largest absolute Gasteiger partial charge is 0.481 e. The van der Waals surface area contributed by atoms with Crippen molar-refractivity contribution in [3.63, 3.8) is 0 Å². The molecule has 1 aliphatic heterocycles. The number of aliphatic carboxylic acids is 1. The van der Waals surface area contributed by atoms with E-state index in [4.69, 9.17) is 14.3 Å². The van der Waals surface area contributed by atoms with Crippen LogP contribution in [0, 0.1) is 50.7 Å². The van der Waals surface area contributed by atoms with E-state index in [0.717, 1.165) is 55.6 Å². The van der Waals surface area contributed by atoms with Crippen LogP contribution in [0.4, 0.5) is 0 Å². The Morgan fingerprint density at radius 1 is 1.00 bits per heavy atom. The highest BCUT2D eigenvalue weighted by Gasteiger charge is 2.64. The number of hydrogen-bond acceptors (Lipinski definition) is 10. The topological polar surface area (TPSA) is 166 Å². The number of carboxylic acids is 1. The fraction of sp³-hybridized carbons (Fsp3) is 0.902. The van der Waals surface area contributed by atoms with Gasteiger partial charge >= 0.3 is 11.9 Å². The molecular formula is C41H71NO10. The van der Waals surface area contributed by atoms with Gasteiger partial charge in [-0.2, -0.15) is 0 Å². The summed E-state index contributed by atoms with van der Waals surface area (Å²) in [5, 5.41) is 52.4. The van der Waals surface area contributed by atoms with Gasteiger partial charge in [0.15, 0.2) is 6.23 Å². The van der Waals surface area contributed by atoms with Crippen LogP contribution < -0.4 is 0 Å². The summed E-state index contributed by atoms with van der Waals surface area (Å²) in [6.45, 7) is 23.7. The third-order valence-electron chi connectivity index (χ3n) is 15.7. The van der Waals surface area contributed by atoms with E-state index in [1.807, 2.05) is 6.92 Å². The first-order chi connectivity index (χ1) is 24.1. The lowest BCUT2D eigenvalue weighted by Crippen LogP contribution is -2.64. The van der Waals surface area contributed by atoms with Gasteiger partial charge in [0.25, 0.3) is 0 Å². The van der Waals surface area contributed by atoms with Gasteiger partial charge in [0, 0.05) is 5.41 Å². The molecule has 5 N–H and O–H groups in total. The molecule has 1 saturated heterocycles. The number of carbonyl (C=O) groups excluding carboxylic acids is 1. The van der Waals surface area contributed by atoms with Crippen molar-refractivity contribution in [2.45, 2.75) is 163 Å². The minimum absolute atomic E-state index is 0.0161. The second-order valence-electron chi connectivity index (χ2n) is 18.8. The molecule has 0 spiro atoms. The lowest BCUT2D eigenvalue weighted by Gasteiger charge is -2.67. The quantitative estimate of drug-likeness (QED) is 0.0841. The predicted octanol–water partition coefficient (Wildman–Crippen LogP) is 5.72. The molecular weight excluding hydrogens is 666 g/mol. The van der Waals surface area contributed by atoms with Crippen LogP contribution in [0.1, 0.15) is 127 Å². The van der Waals surface area contributed by atoms with Gasteiger partial charge in [0.1, 0.15) is 37.1 Å². The number of carboxylic acid groups (broad SMARTS) is 1. The molecule has 0 aromatic carbocycles. The molecule has 11 heteroatoms. The average molecular weight is 738 g/mol. The molecule has 4 fully saturated rings. The Morgan fingerprint density at radius 2 is 1.65 bits per heavy atom. The van der Waals surface area contributed by atoms with Gasteiger partial charge in [-0.05, 0) is 105 Å². The number of hydrogen-bond donors (Lipinski definition) is 5. The summed E-state index contributed by atoms with van der Waals surface area (Å²) in [5.41, 5.74) is -0.128. The van der Waals surface area contributed by atoms with Gasteiger partial charge in [0.05, 0.1) is 19.1 Å². The second-order valence-corrected chi connectivity index (χ2v) is 18.8. The summed E-state index contributed by atoms with van der Waals surface area (Å²) < 4.78 is 11.8. The van der Waals surface area contributed by atoms with Crippen LogP contribution in [0.15, 0.2) is 12.2 Å². The number of carbonyl (C=O) groups is 2. The monoisotopic (exact) mass is 738 g/mol. The molecule has 3 aliphatic carbocycles. The van der Waals surface area contributed by atoms with Crippen molar-refractivity contribution >= 4 is 11.9 Å². The van der Waals surface area contributed by atoms with Crippen LogP contribution in [0.25, 0.3) is 0 Å². The van der Waals surface area contributed by atoms with Gasteiger partial charge < -0.3 is 35.0 Å². The molecule has 0 radical (unpaired) electrons. The van der Waals surface area contributed by atoms with E-state index >= 15 is 0 Å². The Labute approximate surface area is 312 Å². The van der Waals surface area contributed by atoms with Gasteiger partial charge in [-0.1, -0.05) is 74.0 Å². The van der Waals surface area contributed by atoms with Gasteiger partial charge in [0.2, 0.25) is 0 Å². The third kappa shape index (κ3) is 7.38. The standard InChI is InChI=1S/C41H71NO10/c1-12-13-29-39(9)17-16-30(52-31(44)22-42(50-11)35-34(47)33(46)32(45)27(23-43)51-35)38(7,8)28(39)15-18-40(29,10)37(5,6)20-21-41(36(48)49)19-14-26(24(2)3)25(41)4/h25-30,32-35,43,45-47H,2,12-23H2,1,3-11H3,(H,48,49)/t25?,26-,27?,28?,29?,30-,32+,33?,34+,35+,39-,40+,41-/m0/s1. The fourth-order valence-corrected chi connectivity index (χ4v) is 11.9. The van der Waals surface area contributed by atoms with Crippen LogP contribution in [-0.2, 0) is 23.9 Å². The van der Waals surface area contributed by atoms with E-state index in [-0.39, 0.29) is 52.1 Å². The first-order valence-electron chi connectivity index (χ1n) is 19.8. The smallest absolute Gasteiger partial charge is 0.323 e. The number of nitrogens with zero attached hydrogens (tertiary/aromatic N) is 1. The van der Waals surface area contributed by atoms with Crippen molar-refractivity contribution in [2.75, 3.05) is 20.3 Å². The molecule has 4 aliphatic rings. The molecule has 11 nitrogen and oxygen atoms in total. The molecule has 4 rings (SSSR count). The summed E-state index contributed by atoms with van der Waals surface area (Å²) >= 11 is 0. The Hall–Kier alpha value is -1.60. The summed E-state index contributed by atoms with van der Waals surface area (Å²) in [5.74, 6) is -0.245. The van der Waals surface area contributed by atoms with Crippen LogP contribution in [0.2, 0.25) is 0 Å². The summed E-state index contributed by atoms with van der Waals surface area (Å²) in [4.78, 5) is 31.8. The zero-order valence-corrected chi connectivity index (χ0v) is 33.7. The maximum absolute atomic E-state index is 13.5. The van der Waals surface area contributed by atoms with Crippen LogP contribution in [-0.4, -0.2) is 99.5 Å². The Morgan fingerprint density at radius 3 is 2.19 bits per heavy atom. The van der Waals surface area contributed by atoms with Crippen molar-refractivity contribution in [3.05, 3.63) is 12.2 Å². The number of esters is 1. The normalized spacial score (nSPS) is 42.1. The Kier molecular flexibility index (Phi) is 13.2. The fourth-order valence-electron chi connectivity index (χ4n) is 11.9. The molecule has 0 aromatic rings. The highest BCUT2D eigenvalue weighted by Crippen LogP contribution is 2.70. The molecule has 0 aromatic heterocycles. The maximum atomic E-state index is 13.5. The predicted molar refractivity (Wildman–Crippen MR) is 197 cm³/mol. The van der Waals surface area contributed by atoms with Gasteiger partial charge in [-0.25, -0.2) is 0 Å². The molecule has 13 atom stereocenters. The lowest BCUT2D eigenvalue weighted by atomic mass is 9.38. The number of hydroxylamine groups is 2. The first-order valence-corrected chi connectivity index (χ1v) is 19.8. The number of fused-ring (bicyclic) bond motifs is 1. The summed E-state index contributed by atoms with van der Waals surface area (Å²) in [6, 6.07) is 0. The number of aliphatic hydroxyl groups excluding tert-OH is 4. The Balaban J connectivity index is 1.51. The SMILES string of the molecule is C=C(C)[C@@H]1CC[C@@](CCC(C)(C)[C@]2(C)CCC3C(C)(C)[C@@H](OC(=O)CN(OC)[C@@H]4OC(CO)[C@@H](O)C(O)[C@H]4O)CC[C@]3(C)C2CCC)(C(=O)O)C1C. The van der Waals surface area contributed by atoms with Crippen molar-refractivity contribution in [3.8, 4) is 0 Å². The zero-order chi connectivity index (χ0) is 39.2. The van der Waals surface area contributed by atoms with Crippen molar-refractivity contribution in [1.82, 2.24) is 5.06 Å². The van der Waals surface area contributed by atoms with E-state index in [1.165, 1.54) is 7.11 Å². The minimum atomic E-state index is -1.60. The average Bonchev–Trinajstić information content (AvgIpc) is 3.42. The van der Waals surface area contributed by atoms with Crippen LogP contribution in [0.5, 0.6) is 0 Å². The van der Waals surface area contributed by atoms with Gasteiger partial charge in [-0.15, -0.1) is 5.06 Å². The van der Waals surface area contributed by atoms with Gasteiger partial charge in [-0.3, -0.25) is 14.4 Å². The molecule has 0 bridgehead atoms. The summed E-state index contributed by atoms with van der Waals surface area (Å²) in [6.07, 6.45) is 1.30. The van der Waals surface area contributed by atoms with Crippen LogP contribution >= 0.6 is 0 Å². The van der Waals surface area contributed by atoms with Crippen molar-refractivity contribution in [1.29, 1.82) is 0 Å². The van der Waals surface area contributed by atoms with Crippen molar-refractivity contribution < 1.29 is 49.4 Å². The van der Waals surface area contributed by atoms with E-state index < -0.39 is 54.6 Å². The van der Waals surface area contributed by atoms with E-state index in [2.05, 4.69) is 62.0 Å². The van der Waals surface area contributed by atoms with Crippen LogP contribution in [0.3, 0.4) is 0 Å². The first kappa shape index (κ1) is 43.1. The number of rotatable bonds is 14. The number of ether oxygens (including phenoxy) is 2. The van der Waals surface area contributed by atoms with E-state index in [9.17, 15) is 35.1 Å². The molecule has 3 saturated carbocycles. The molecule has 1 heterocycles. The summed E-state index contributed by atoms with van der Waals surface area (Å²) in [7, 11) is 1.31. The molecule has 300 valence electrons. The van der Waals surface area contributed by atoms with E-state index in [0.29, 0.717) is 25.2 Å². The lowest BCUT2D eigenvalue weighted by molar-refractivity contribution is -0.327. The molecule has 52 heavy (non-hydrogen) atoms. The zero-order valence-electron chi connectivity index (χ0n) is 33.7. The highest BCUT2D eigenvalue weighted by atomic mass is 16.7. The molecule has 5 unspecified atom stereocenters. The Bertz CT molecular complexity index is 1290. The van der Waals surface area contributed by atoms with E-state index in [1.54, 1.807) is 0 Å². The minimum Gasteiger partial charge on any atom is -0.481 e. The third-order valence-corrected chi connectivity index (χ3v) is 15.7. The second kappa shape index (κ2) is 15.9. The molecule has 0 amide bonds. The van der Waals surface area contributed by atoms with Crippen molar-refractivity contribution in [2.24, 2.45) is 50.7 Å².